The molecule has 6 nitrogen and oxygen atoms in total. The number of anilines is 1. The number of hydrogen-bond donors (Lipinski definition) is 1. The van der Waals surface area contributed by atoms with Crippen LogP contribution in [-0.2, 0) is 6.54 Å². The maximum absolute atomic E-state index is 8.80. The standard InChI is InChI=1S/C9H10N6S/c1-2-11-9-14-13-8(16-9)6-15-4-3-12-7(15)5-10/h3-4H,2,6H2,1H3,(H,11,14). The third-order valence-corrected chi connectivity index (χ3v) is 2.78. The first kappa shape index (κ1) is 10.6. The molecule has 0 aliphatic carbocycles. The normalized spacial score (nSPS) is 10.0. The lowest BCUT2D eigenvalue weighted by atomic mass is 10.6. The first-order chi connectivity index (χ1) is 7.83. The van der Waals surface area contributed by atoms with Crippen molar-refractivity contribution in [3.63, 3.8) is 0 Å². The summed E-state index contributed by atoms with van der Waals surface area (Å²) in [6, 6.07) is 2.02. The number of nitrogens with one attached hydrogen (secondary N) is 1. The molecular formula is C9H10N6S. The lowest BCUT2D eigenvalue weighted by molar-refractivity contribution is 0.764. The molecule has 7 heteroatoms. The van der Waals surface area contributed by atoms with E-state index in [9.17, 15) is 0 Å². The fraction of sp³-hybridized carbons (Fsp3) is 0.333. The Labute approximate surface area is 96.6 Å². The fourth-order valence-corrected chi connectivity index (χ4v) is 2.04. The molecule has 0 radical (unpaired) electrons. The number of hydrogen-bond acceptors (Lipinski definition) is 6. The summed E-state index contributed by atoms with van der Waals surface area (Å²) >= 11 is 1.48. The van der Waals surface area contributed by atoms with Crippen LogP contribution < -0.4 is 5.32 Å². The van der Waals surface area contributed by atoms with Gasteiger partial charge in [-0.25, -0.2) is 4.98 Å². The molecule has 0 spiro atoms. The summed E-state index contributed by atoms with van der Waals surface area (Å²) in [5, 5.41) is 21.6. The topological polar surface area (TPSA) is 79.4 Å². The molecule has 0 aliphatic rings. The lowest BCUT2D eigenvalue weighted by Gasteiger charge is -1.97. The highest BCUT2D eigenvalue weighted by Gasteiger charge is 2.06. The maximum atomic E-state index is 8.80. The number of nitriles is 1. The quantitative estimate of drug-likeness (QED) is 0.856. The van der Waals surface area contributed by atoms with E-state index in [2.05, 4.69) is 20.5 Å². The predicted molar refractivity (Wildman–Crippen MR) is 60.1 cm³/mol. The smallest absolute Gasteiger partial charge is 0.213 e. The van der Waals surface area contributed by atoms with Crippen LogP contribution in [0.25, 0.3) is 0 Å². The first-order valence-corrected chi connectivity index (χ1v) is 5.62. The largest absolute Gasteiger partial charge is 0.360 e. The molecule has 0 aromatic carbocycles. The van der Waals surface area contributed by atoms with E-state index < -0.39 is 0 Å². The third kappa shape index (κ3) is 2.17. The molecule has 1 N–H and O–H groups in total. The third-order valence-electron chi connectivity index (χ3n) is 1.92. The van der Waals surface area contributed by atoms with E-state index in [0.717, 1.165) is 16.7 Å². The zero-order chi connectivity index (χ0) is 11.4. The summed E-state index contributed by atoms with van der Waals surface area (Å²) in [4.78, 5) is 3.92. The van der Waals surface area contributed by atoms with Gasteiger partial charge in [-0.1, -0.05) is 11.3 Å². The van der Waals surface area contributed by atoms with E-state index in [1.54, 1.807) is 17.0 Å². The summed E-state index contributed by atoms with van der Waals surface area (Å²) in [5.74, 6) is 0.389. The van der Waals surface area contributed by atoms with Crippen molar-refractivity contribution >= 4 is 16.5 Å². The van der Waals surface area contributed by atoms with Crippen molar-refractivity contribution in [1.29, 1.82) is 5.26 Å². The first-order valence-electron chi connectivity index (χ1n) is 4.81. The Kier molecular flexibility index (Phi) is 3.12. The SMILES string of the molecule is CCNc1nnc(Cn2ccnc2C#N)s1. The zero-order valence-corrected chi connectivity index (χ0v) is 9.53. The molecule has 0 saturated heterocycles. The van der Waals surface area contributed by atoms with Gasteiger partial charge < -0.3 is 9.88 Å². The van der Waals surface area contributed by atoms with Crippen molar-refractivity contribution in [2.75, 3.05) is 11.9 Å². The second-order valence-electron chi connectivity index (χ2n) is 3.02. The molecule has 0 saturated carbocycles. The molecule has 82 valence electrons. The van der Waals surface area contributed by atoms with E-state index in [-0.39, 0.29) is 0 Å². The average molecular weight is 234 g/mol. The fourth-order valence-electron chi connectivity index (χ4n) is 1.24. The van der Waals surface area contributed by atoms with Crippen molar-refractivity contribution in [2.24, 2.45) is 0 Å². The van der Waals surface area contributed by atoms with Gasteiger partial charge in [0.1, 0.15) is 11.1 Å². The molecule has 0 amide bonds. The van der Waals surface area contributed by atoms with Gasteiger partial charge in [-0.2, -0.15) is 5.26 Å². The van der Waals surface area contributed by atoms with Crippen LogP contribution in [0.4, 0.5) is 5.13 Å². The van der Waals surface area contributed by atoms with Crippen LogP contribution in [0.3, 0.4) is 0 Å². The zero-order valence-electron chi connectivity index (χ0n) is 8.71. The van der Waals surface area contributed by atoms with Crippen LogP contribution in [0.15, 0.2) is 12.4 Å². The molecule has 2 aromatic rings. The minimum atomic E-state index is 0.389. The number of imidazole rings is 1. The molecule has 0 unspecified atom stereocenters. The Bertz CT molecular complexity index is 508. The minimum absolute atomic E-state index is 0.389. The van der Waals surface area contributed by atoms with E-state index in [1.807, 2.05) is 13.0 Å². The van der Waals surface area contributed by atoms with Crippen LogP contribution in [0.1, 0.15) is 17.8 Å². The summed E-state index contributed by atoms with van der Waals surface area (Å²) in [6.07, 6.45) is 3.36. The molecule has 0 fully saturated rings. The van der Waals surface area contributed by atoms with Gasteiger partial charge in [-0.05, 0) is 6.92 Å². The molecule has 0 aliphatic heterocycles. The van der Waals surface area contributed by atoms with Gasteiger partial charge in [0.15, 0.2) is 0 Å². The summed E-state index contributed by atoms with van der Waals surface area (Å²) in [7, 11) is 0. The summed E-state index contributed by atoms with van der Waals surface area (Å²) in [6.45, 7) is 3.36. The molecule has 0 bridgehead atoms. The van der Waals surface area contributed by atoms with Crippen molar-refractivity contribution in [1.82, 2.24) is 19.7 Å². The van der Waals surface area contributed by atoms with Crippen LogP contribution in [-0.4, -0.2) is 26.3 Å². The van der Waals surface area contributed by atoms with Crippen molar-refractivity contribution in [3.05, 3.63) is 23.2 Å². The highest BCUT2D eigenvalue weighted by Crippen LogP contribution is 2.16. The van der Waals surface area contributed by atoms with Gasteiger partial charge in [-0.3, -0.25) is 0 Å². The average Bonchev–Trinajstić information content (AvgIpc) is 2.89. The van der Waals surface area contributed by atoms with E-state index in [1.165, 1.54) is 11.3 Å². The monoisotopic (exact) mass is 234 g/mol. The molecule has 16 heavy (non-hydrogen) atoms. The minimum Gasteiger partial charge on any atom is -0.360 e. The van der Waals surface area contributed by atoms with Crippen LogP contribution in [0.5, 0.6) is 0 Å². The summed E-state index contributed by atoms with van der Waals surface area (Å²) < 4.78 is 1.75. The van der Waals surface area contributed by atoms with Gasteiger partial charge >= 0.3 is 0 Å². The number of rotatable bonds is 4. The molecule has 2 heterocycles. The molecule has 2 aromatic heterocycles. The van der Waals surface area contributed by atoms with Crippen LogP contribution in [0.2, 0.25) is 0 Å². The summed E-state index contributed by atoms with van der Waals surface area (Å²) in [5.41, 5.74) is 0. The second kappa shape index (κ2) is 4.72. The van der Waals surface area contributed by atoms with E-state index in [4.69, 9.17) is 5.26 Å². The Morgan fingerprint density at radius 2 is 2.44 bits per heavy atom. The number of nitrogens with zero attached hydrogens (tertiary/aromatic N) is 5. The van der Waals surface area contributed by atoms with Gasteiger partial charge in [0.05, 0.1) is 6.54 Å². The lowest BCUT2D eigenvalue weighted by Crippen LogP contribution is -2.00. The van der Waals surface area contributed by atoms with Gasteiger partial charge in [-0.15, -0.1) is 10.2 Å². The predicted octanol–water partition coefficient (Wildman–Crippen LogP) is 1.09. The highest BCUT2D eigenvalue weighted by molar-refractivity contribution is 7.15. The Morgan fingerprint density at radius 1 is 1.56 bits per heavy atom. The Balaban J connectivity index is 2.12. The van der Waals surface area contributed by atoms with Crippen molar-refractivity contribution < 1.29 is 0 Å². The molecule has 2 rings (SSSR count). The van der Waals surface area contributed by atoms with Crippen LogP contribution in [0, 0.1) is 11.3 Å². The Hall–Kier alpha value is -1.94. The second-order valence-corrected chi connectivity index (χ2v) is 4.08. The molecule has 0 atom stereocenters. The molecular weight excluding hydrogens is 224 g/mol. The van der Waals surface area contributed by atoms with Crippen molar-refractivity contribution in [2.45, 2.75) is 13.5 Å². The number of aromatic nitrogens is 4. The maximum Gasteiger partial charge on any atom is 0.213 e. The van der Waals surface area contributed by atoms with Gasteiger partial charge in [0.2, 0.25) is 11.0 Å². The van der Waals surface area contributed by atoms with E-state index >= 15 is 0 Å². The van der Waals surface area contributed by atoms with Crippen molar-refractivity contribution in [3.8, 4) is 6.07 Å². The Morgan fingerprint density at radius 3 is 3.19 bits per heavy atom. The van der Waals surface area contributed by atoms with Crippen LogP contribution >= 0.6 is 11.3 Å². The van der Waals surface area contributed by atoms with Gasteiger partial charge in [0, 0.05) is 18.9 Å². The highest BCUT2D eigenvalue weighted by atomic mass is 32.1. The van der Waals surface area contributed by atoms with Gasteiger partial charge in [0.25, 0.3) is 0 Å². The van der Waals surface area contributed by atoms with E-state index in [0.29, 0.717) is 12.4 Å².